The Kier molecular flexibility index (Phi) is 7.20. The fourth-order valence-electron chi connectivity index (χ4n) is 1.06. The van der Waals surface area contributed by atoms with Crippen molar-refractivity contribution in [2.24, 2.45) is 10.7 Å². The molecule has 0 fully saturated rings. The number of carbonyl (C=O) groups is 1. The molecule has 0 unspecified atom stereocenters. The van der Waals surface area contributed by atoms with Crippen LogP contribution in [0.3, 0.4) is 0 Å². The van der Waals surface area contributed by atoms with E-state index in [1.54, 1.807) is 19.9 Å². The molecule has 0 heterocycles. The molecule has 0 aliphatic heterocycles. The first-order valence-corrected chi connectivity index (χ1v) is 5.46. The van der Waals surface area contributed by atoms with Gasteiger partial charge in [-0.2, -0.15) is 0 Å². The molecule has 4 heteroatoms. The first-order valence-electron chi connectivity index (χ1n) is 5.46. The van der Waals surface area contributed by atoms with Crippen LogP contribution in [-0.2, 0) is 4.79 Å². The summed E-state index contributed by atoms with van der Waals surface area (Å²) in [5.74, 6) is 2.24. The van der Waals surface area contributed by atoms with E-state index in [2.05, 4.69) is 16.2 Å². The van der Waals surface area contributed by atoms with E-state index in [-0.39, 0.29) is 11.6 Å². The normalized spacial score (nSPS) is 11.1. The highest BCUT2D eigenvalue weighted by Gasteiger charge is 2.09. The van der Waals surface area contributed by atoms with Gasteiger partial charge in [-0.25, -0.2) is 4.99 Å². The van der Waals surface area contributed by atoms with Crippen LogP contribution in [0.2, 0.25) is 0 Å². The Balaban J connectivity index is 4.74. The lowest BCUT2D eigenvalue weighted by molar-refractivity contribution is -0.116. The Morgan fingerprint density at radius 1 is 1.53 bits per heavy atom. The largest absolute Gasteiger partial charge is 0.385 e. The molecule has 0 spiro atoms. The van der Waals surface area contributed by atoms with Gasteiger partial charge >= 0.3 is 0 Å². The van der Waals surface area contributed by atoms with Crippen LogP contribution in [0.25, 0.3) is 0 Å². The minimum absolute atomic E-state index is 0.288. The summed E-state index contributed by atoms with van der Waals surface area (Å²) in [5.41, 5.74) is 6.70. The molecule has 0 saturated carbocycles. The lowest BCUT2D eigenvalue weighted by Crippen LogP contribution is -2.28. The smallest absolute Gasteiger partial charge is 0.275 e. The molecule has 0 aromatic rings. The van der Waals surface area contributed by atoms with Crippen LogP contribution in [0, 0.1) is 12.3 Å². The average molecular weight is 233 g/mol. The number of amides is 1. The third-order valence-electron chi connectivity index (χ3n) is 1.87. The Bertz CT molecular complexity index is 393. The molecule has 0 saturated heterocycles. The van der Waals surface area contributed by atoms with Crippen molar-refractivity contribution < 1.29 is 4.79 Å². The van der Waals surface area contributed by atoms with Crippen LogP contribution < -0.4 is 11.1 Å². The van der Waals surface area contributed by atoms with Gasteiger partial charge in [0.05, 0.1) is 12.0 Å². The fraction of sp³-hybridized carbons (Fsp3) is 0.385. The summed E-state index contributed by atoms with van der Waals surface area (Å²) in [6, 6.07) is 0. The minimum Gasteiger partial charge on any atom is -0.385 e. The monoisotopic (exact) mass is 233 g/mol. The molecule has 92 valence electrons. The van der Waals surface area contributed by atoms with Crippen molar-refractivity contribution in [2.75, 3.05) is 0 Å². The van der Waals surface area contributed by atoms with E-state index in [4.69, 9.17) is 12.2 Å². The zero-order valence-electron chi connectivity index (χ0n) is 10.6. The van der Waals surface area contributed by atoms with E-state index in [0.717, 1.165) is 18.4 Å². The highest BCUT2D eigenvalue weighted by atomic mass is 16.2. The molecule has 0 aromatic carbocycles. The summed E-state index contributed by atoms with van der Waals surface area (Å²) in [7, 11) is 0. The van der Waals surface area contributed by atoms with E-state index >= 15 is 0 Å². The lowest BCUT2D eigenvalue weighted by Gasteiger charge is -2.06. The average Bonchev–Trinajstić information content (AvgIpc) is 2.26. The number of unbranched alkanes of at least 4 members (excludes halogenated alkanes) is 1. The molecule has 3 N–H and O–H groups in total. The SMILES string of the molecule is C#C/C=N\C(C(=O)N/C(N)=C/CCC)=C(C)C. The van der Waals surface area contributed by atoms with Crippen molar-refractivity contribution in [2.45, 2.75) is 33.6 Å². The van der Waals surface area contributed by atoms with E-state index in [1.807, 2.05) is 6.92 Å². The number of rotatable bonds is 5. The van der Waals surface area contributed by atoms with Crippen molar-refractivity contribution >= 4 is 12.1 Å². The van der Waals surface area contributed by atoms with Gasteiger partial charge in [0.25, 0.3) is 5.91 Å². The number of nitrogens with zero attached hydrogens (tertiary/aromatic N) is 1. The number of nitrogens with two attached hydrogens (primary N) is 1. The van der Waals surface area contributed by atoms with Crippen LogP contribution in [0.15, 0.2) is 28.2 Å². The maximum atomic E-state index is 11.8. The molecule has 0 aromatic heterocycles. The highest BCUT2D eigenvalue weighted by Crippen LogP contribution is 2.05. The first kappa shape index (κ1) is 15.0. The Morgan fingerprint density at radius 3 is 2.65 bits per heavy atom. The van der Waals surface area contributed by atoms with Gasteiger partial charge in [0.2, 0.25) is 0 Å². The molecule has 17 heavy (non-hydrogen) atoms. The summed E-state index contributed by atoms with van der Waals surface area (Å²) in [6.45, 7) is 5.60. The molecular formula is C13H19N3O. The number of terminal acetylenes is 1. The second-order valence-electron chi connectivity index (χ2n) is 3.68. The van der Waals surface area contributed by atoms with Crippen LogP contribution in [0.1, 0.15) is 33.6 Å². The first-order chi connectivity index (χ1) is 8.02. The molecule has 0 aliphatic carbocycles. The Labute approximate surface area is 103 Å². The molecule has 0 atom stereocenters. The van der Waals surface area contributed by atoms with E-state index in [1.165, 1.54) is 6.21 Å². The number of hydrogen-bond acceptors (Lipinski definition) is 3. The number of aliphatic imine (C=N–C) groups is 1. The van der Waals surface area contributed by atoms with Gasteiger partial charge in [-0.15, -0.1) is 6.42 Å². The Morgan fingerprint density at radius 2 is 2.18 bits per heavy atom. The van der Waals surface area contributed by atoms with Crippen molar-refractivity contribution in [3.63, 3.8) is 0 Å². The van der Waals surface area contributed by atoms with E-state index in [9.17, 15) is 4.79 Å². The van der Waals surface area contributed by atoms with Crippen molar-refractivity contribution in [1.29, 1.82) is 0 Å². The zero-order chi connectivity index (χ0) is 13.3. The van der Waals surface area contributed by atoms with Crippen LogP contribution in [-0.4, -0.2) is 12.1 Å². The summed E-state index contributed by atoms with van der Waals surface area (Å²) < 4.78 is 0. The third-order valence-corrected chi connectivity index (χ3v) is 1.87. The molecule has 1 amide bonds. The minimum atomic E-state index is -0.346. The number of nitrogens with one attached hydrogen (secondary N) is 1. The lowest BCUT2D eigenvalue weighted by atomic mass is 10.2. The van der Waals surface area contributed by atoms with Gasteiger partial charge in [0, 0.05) is 0 Å². The predicted octanol–water partition coefficient (Wildman–Crippen LogP) is 1.70. The van der Waals surface area contributed by atoms with Gasteiger partial charge in [0.15, 0.2) is 0 Å². The van der Waals surface area contributed by atoms with Gasteiger partial charge < -0.3 is 11.1 Å². The van der Waals surface area contributed by atoms with Crippen LogP contribution in [0.5, 0.6) is 0 Å². The molecule has 4 nitrogen and oxygen atoms in total. The second-order valence-corrected chi connectivity index (χ2v) is 3.68. The number of allylic oxidation sites excluding steroid dienone is 2. The van der Waals surface area contributed by atoms with Gasteiger partial charge in [-0.3, -0.25) is 4.79 Å². The standard InChI is InChI=1S/C13H19N3O/c1-5-7-8-11(14)16-13(17)12(10(3)4)15-9-6-2/h2,8-9H,5,7,14H2,1,3-4H3,(H,16,17)/b11-8+,15-9-. The third kappa shape index (κ3) is 6.21. The summed E-state index contributed by atoms with van der Waals surface area (Å²) in [6.07, 6.45) is 9.86. The topological polar surface area (TPSA) is 67.5 Å². The summed E-state index contributed by atoms with van der Waals surface area (Å²) in [4.78, 5) is 15.7. The maximum absolute atomic E-state index is 11.8. The second kappa shape index (κ2) is 8.17. The van der Waals surface area contributed by atoms with Gasteiger partial charge in [-0.05, 0) is 31.9 Å². The molecule has 0 radical (unpaired) electrons. The molecular weight excluding hydrogens is 214 g/mol. The fourth-order valence-corrected chi connectivity index (χ4v) is 1.06. The highest BCUT2D eigenvalue weighted by molar-refractivity contribution is 5.97. The maximum Gasteiger partial charge on any atom is 0.275 e. The van der Waals surface area contributed by atoms with Crippen LogP contribution >= 0.6 is 0 Å². The van der Waals surface area contributed by atoms with Crippen LogP contribution in [0.4, 0.5) is 0 Å². The molecule has 0 rings (SSSR count). The summed E-state index contributed by atoms with van der Waals surface area (Å²) in [5, 5.41) is 2.56. The summed E-state index contributed by atoms with van der Waals surface area (Å²) >= 11 is 0. The number of carbonyl (C=O) groups excluding carboxylic acids is 1. The van der Waals surface area contributed by atoms with E-state index in [0.29, 0.717) is 5.82 Å². The van der Waals surface area contributed by atoms with Crippen molar-refractivity contribution in [3.8, 4) is 12.3 Å². The number of hydrogen-bond donors (Lipinski definition) is 2. The van der Waals surface area contributed by atoms with Crippen molar-refractivity contribution in [1.82, 2.24) is 5.32 Å². The van der Waals surface area contributed by atoms with E-state index < -0.39 is 0 Å². The van der Waals surface area contributed by atoms with Gasteiger partial charge in [-0.1, -0.05) is 19.3 Å². The quantitative estimate of drug-likeness (QED) is 0.431. The predicted molar refractivity (Wildman–Crippen MR) is 71.0 cm³/mol. The molecule has 0 aliphatic rings. The van der Waals surface area contributed by atoms with Crippen molar-refractivity contribution in [3.05, 3.63) is 23.2 Å². The zero-order valence-corrected chi connectivity index (χ0v) is 10.6. The van der Waals surface area contributed by atoms with Gasteiger partial charge in [0.1, 0.15) is 5.70 Å². The molecule has 0 bridgehead atoms. The Hall–Kier alpha value is -2.02.